The van der Waals surface area contributed by atoms with Crippen LogP contribution >= 0.6 is 11.6 Å². The zero-order valence-corrected chi connectivity index (χ0v) is 12.7. The average Bonchev–Trinajstić information content (AvgIpc) is 2.49. The third-order valence-electron chi connectivity index (χ3n) is 3.41. The van der Waals surface area contributed by atoms with Crippen LogP contribution in [0.25, 0.3) is 0 Å². The molecule has 2 nitrogen and oxygen atoms in total. The highest BCUT2D eigenvalue weighted by Crippen LogP contribution is 2.26. The van der Waals surface area contributed by atoms with Crippen LogP contribution in [0.2, 0.25) is 5.02 Å². The van der Waals surface area contributed by atoms with Crippen molar-refractivity contribution in [2.24, 2.45) is 5.73 Å². The molecule has 0 aliphatic carbocycles. The van der Waals surface area contributed by atoms with Gasteiger partial charge in [-0.25, -0.2) is 4.39 Å². The molecule has 0 aromatic heterocycles. The first kappa shape index (κ1) is 16.0. The lowest BCUT2D eigenvalue weighted by molar-refractivity contribution is 0.0199. The Labute approximate surface area is 129 Å². The third-order valence-corrected chi connectivity index (χ3v) is 3.65. The van der Waals surface area contributed by atoms with E-state index in [0.29, 0.717) is 10.6 Å². The van der Waals surface area contributed by atoms with E-state index in [9.17, 15) is 4.39 Å². The summed E-state index contributed by atoms with van der Waals surface area (Å²) in [6, 6.07) is 13.8. The maximum absolute atomic E-state index is 13.7. The van der Waals surface area contributed by atoms with Crippen molar-refractivity contribution in [3.8, 4) is 0 Å². The van der Waals surface area contributed by atoms with Gasteiger partial charge in [-0.1, -0.05) is 48.9 Å². The van der Waals surface area contributed by atoms with Crippen LogP contribution in [0.4, 0.5) is 4.39 Å². The van der Waals surface area contributed by atoms with E-state index in [0.717, 1.165) is 12.0 Å². The molecule has 0 saturated heterocycles. The molecule has 0 amide bonds. The van der Waals surface area contributed by atoms with Crippen LogP contribution in [-0.4, -0.2) is 6.04 Å². The molecule has 2 rings (SSSR count). The molecule has 0 bridgehead atoms. The minimum absolute atomic E-state index is 0.171. The zero-order valence-electron chi connectivity index (χ0n) is 11.9. The molecule has 2 aromatic carbocycles. The van der Waals surface area contributed by atoms with Crippen molar-refractivity contribution in [2.45, 2.75) is 32.1 Å². The lowest BCUT2D eigenvalue weighted by Crippen LogP contribution is -2.29. The molecule has 21 heavy (non-hydrogen) atoms. The second kappa shape index (κ2) is 7.55. The number of halogens is 2. The van der Waals surface area contributed by atoms with Gasteiger partial charge < -0.3 is 10.5 Å². The van der Waals surface area contributed by atoms with Gasteiger partial charge in [0.2, 0.25) is 0 Å². The Hall–Kier alpha value is -1.42. The monoisotopic (exact) mass is 307 g/mol. The molecule has 2 N–H and O–H groups in total. The van der Waals surface area contributed by atoms with Crippen LogP contribution in [0.1, 0.15) is 30.6 Å². The fourth-order valence-electron chi connectivity index (χ4n) is 2.16. The average molecular weight is 308 g/mol. The van der Waals surface area contributed by atoms with Gasteiger partial charge in [-0.2, -0.15) is 0 Å². The van der Waals surface area contributed by atoms with E-state index in [-0.39, 0.29) is 24.6 Å². The van der Waals surface area contributed by atoms with E-state index in [2.05, 4.69) is 0 Å². The van der Waals surface area contributed by atoms with Crippen molar-refractivity contribution in [2.75, 3.05) is 0 Å². The van der Waals surface area contributed by atoms with Gasteiger partial charge in [-0.15, -0.1) is 0 Å². The summed E-state index contributed by atoms with van der Waals surface area (Å²) in [5.74, 6) is -0.271. The van der Waals surface area contributed by atoms with Crippen LogP contribution in [-0.2, 0) is 11.3 Å². The summed E-state index contributed by atoms with van der Waals surface area (Å²) in [6.07, 6.45) is 0.447. The van der Waals surface area contributed by atoms with Crippen molar-refractivity contribution in [3.05, 3.63) is 70.5 Å². The topological polar surface area (TPSA) is 35.2 Å². The summed E-state index contributed by atoms with van der Waals surface area (Å²) in [5, 5.41) is 0.635. The lowest BCUT2D eigenvalue weighted by Gasteiger charge is -2.24. The van der Waals surface area contributed by atoms with E-state index < -0.39 is 0 Å². The molecule has 0 spiro atoms. The number of hydrogen-bond acceptors (Lipinski definition) is 2. The Kier molecular flexibility index (Phi) is 5.74. The van der Waals surface area contributed by atoms with Gasteiger partial charge in [0.05, 0.1) is 12.7 Å². The summed E-state index contributed by atoms with van der Waals surface area (Å²) >= 11 is 6.02. The summed E-state index contributed by atoms with van der Waals surface area (Å²) < 4.78 is 19.5. The predicted octanol–water partition coefficient (Wildman–Crippen LogP) is 4.47. The maximum Gasteiger partial charge on any atom is 0.128 e. The molecule has 0 saturated carbocycles. The van der Waals surface area contributed by atoms with E-state index in [1.54, 1.807) is 24.3 Å². The van der Waals surface area contributed by atoms with Gasteiger partial charge in [-0.05, 0) is 30.2 Å². The fraction of sp³-hybridized carbons (Fsp3) is 0.294. The molecule has 2 atom stereocenters. The van der Waals surface area contributed by atoms with Crippen LogP contribution in [0, 0.1) is 5.82 Å². The van der Waals surface area contributed by atoms with Crippen LogP contribution < -0.4 is 5.73 Å². The van der Waals surface area contributed by atoms with Gasteiger partial charge in [0.1, 0.15) is 5.82 Å². The summed E-state index contributed by atoms with van der Waals surface area (Å²) in [4.78, 5) is 0. The van der Waals surface area contributed by atoms with Crippen molar-refractivity contribution in [1.82, 2.24) is 0 Å². The minimum Gasteiger partial charge on any atom is -0.367 e. The Bertz CT molecular complexity index is 591. The number of ether oxygens (including phenoxy) is 1. The summed E-state index contributed by atoms with van der Waals surface area (Å²) in [5.41, 5.74) is 7.57. The highest BCUT2D eigenvalue weighted by Gasteiger charge is 2.20. The van der Waals surface area contributed by atoms with Crippen LogP contribution in [0.15, 0.2) is 48.5 Å². The van der Waals surface area contributed by atoms with Crippen molar-refractivity contribution in [3.63, 3.8) is 0 Å². The molecule has 112 valence electrons. The first-order valence-corrected chi connectivity index (χ1v) is 7.35. The van der Waals surface area contributed by atoms with Gasteiger partial charge in [0.25, 0.3) is 0 Å². The summed E-state index contributed by atoms with van der Waals surface area (Å²) in [7, 11) is 0. The number of nitrogens with two attached hydrogens (primary N) is 1. The largest absolute Gasteiger partial charge is 0.367 e. The van der Waals surface area contributed by atoms with E-state index in [1.807, 2.05) is 25.1 Å². The van der Waals surface area contributed by atoms with Crippen molar-refractivity contribution >= 4 is 11.6 Å². The molecule has 4 heteroatoms. The minimum atomic E-state index is -0.312. The molecule has 0 heterocycles. The zero-order chi connectivity index (χ0) is 15.2. The molecule has 2 aromatic rings. The molecule has 2 unspecified atom stereocenters. The summed E-state index contributed by atoms with van der Waals surface area (Å²) in [6.45, 7) is 2.17. The number of hydrogen-bond donors (Lipinski definition) is 1. The smallest absolute Gasteiger partial charge is 0.128 e. The highest BCUT2D eigenvalue weighted by molar-refractivity contribution is 6.30. The van der Waals surface area contributed by atoms with Crippen LogP contribution in [0.5, 0.6) is 0 Å². The Balaban J connectivity index is 2.16. The first-order chi connectivity index (χ1) is 10.1. The molecule has 0 radical (unpaired) electrons. The molecule has 0 aliphatic heterocycles. The molecule has 0 aliphatic rings. The van der Waals surface area contributed by atoms with Gasteiger partial charge in [-0.3, -0.25) is 0 Å². The second-order valence-electron chi connectivity index (χ2n) is 4.95. The van der Waals surface area contributed by atoms with Crippen molar-refractivity contribution in [1.29, 1.82) is 0 Å². The molecular formula is C17H19ClFNO. The van der Waals surface area contributed by atoms with E-state index in [1.165, 1.54) is 6.07 Å². The lowest BCUT2D eigenvalue weighted by atomic mass is 10.0. The number of rotatable bonds is 6. The van der Waals surface area contributed by atoms with E-state index >= 15 is 0 Å². The predicted molar refractivity (Wildman–Crippen MR) is 83.6 cm³/mol. The molecule has 0 fully saturated rings. The number of benzene rings is 2. The van der Waals surface area contributed by atoms with Gasteiger partial charge in [0.15, 0.2) is 0 Å². The Morgan fingerprint density at radius 1 is 1.19 bits per heavy atom. The van der Waals surface area contributed by atoms with Crippen molar-refractivity contribution < 1.29 is 9.13 Å². The Morgan fingerprint density at radius 3 is 2.62 bits per heavy atom. The standard InChI is InChI=1S/C17H19ClFNO/c1-2-16(20)17(12-7-5-8-14(18)10-12)21-11-13-6-3-4-9-15(13)19/h3-10,16-17H,2,11,20H2,1H3. The third kappa shape index (κ3) is 4.27. The Morgan fingerprint density at radius 2 is 1.95 bits per heavy atom. The maximum atomic E-state index is 13.7. The highest BCUT2D eigenvalue weighted by atomic mass is 35.5. The van der Waals surface area contributed by atoms with Crippen LogP contribution in [0.3, 0.4) is 0 Å². The molecular weight excluding hydrogens is 289 g/mol. The first-order valence-electron chi connectivity index (χ1n) is 6.98. The quantitative estimate of drug-likeness (QED) is 0.854. The van der Waals surface area contributed by atoms with Gasteiger partial charge in [0, 0.05) is 16.6 Å². The normalized spacial score (nSPS) is 13.9. The van der Waals surface area contributed by atoms with Gasteiger partial charge >= 0.3 is 0 Å². The second-order valence-corrected chi connectivity index (χ2v) is 5.39. The van der Waals surface area contributed by atoms with E-state index in [4.69, 9.17) is 22.1 Å². The fourth-order valence-corrected chi connectivity index (χ4v) is 2.36. The SMILES string of the molecule is CCC(N)C(OCc1ccccc1F)c1cccc(Cl)c1.